The van der Waals surface area contributed by atoms with Crippen molar-refractivity contribution in [1.29, 1.82) is 0 Å². The molecule has 0 aromatic carbocycles. The molecule has 6 heteroatoms. The Morgan fingerprint density at radius 1 is 1.38 bits per heavy atom. The SMILES string of the molecule is Cc1ccsc1CNC(=O)c1cnn(C)c1-n1cccc1. The van der Waals surface area contributed by atoms with E-state index in [0.717, 1.165) is 5.82 Å². The number of nitrogens with one attached hydrogen (secondary N) is 1. The van der Waals surface area contributed by atoms with Crippen molar-refractivity contribution >= 4 is 17.2 Å². The second-order valence-corrected chi connectivity index (χ2v) is 5.81. The third-order valence-corrected chi connectivity index (χ3v) is 4.40. The highest BCUT2D eigenvalue weighted by Crippen LogP contribution is 2.17. The van der Waals surface area contributed by atoms with Gasteiger partial charge < -0.3 is 9.88 Å². The molecule has 3 rings (SSSR count). The Balaban J connectivity index is 1.81. The minimum absolute atomic E-state index is 0.111. The average Bonchev–Trinajstić information content (AvgIpc) is 3.17. The molecule has 0 aliphatic carbocycles. The van der Waals surface area contributed by atoms with Crippen molar-refractivity contribution in [2.24, 2.45) is 7.05 Å². The predicted octanol–water partition coefficient (Wildman–Crippen LogP) is 2.51. The standard InChI is InChI=1S/C15H16N4OS/c1-11-5-8-21-13(11)10-16-14(20)12-9-17-18(2)15(12)19-6-3-4-7-19/h3-9H,10H2,1-2H3,(H,16,20). The average molecular weight is 300 g/mol. The van der Waals surface area contributed by atoms with Gasteiger partial charge in [-0.05, 0) is 36.1 Å². The first-order chi connectivity index (χ1) is 10.2. The highest BCUT2D eigenvalue weighted by atomic mass is 32.1. The molecular weight excluding hydrogens is 284 g/mol. The molecule has 1 N–H and O–H groups in total. The Bertz CT molecular complexity index is 755. The molecule has 0 fully saturated rings. The first-order valence-electron chi connectivity index (χ1n) is 6.63. The molecule has 0 atom stereocenters. The zero-order valence-electron chi connectivity index (χ0n) is 11.9. The zero-order chi connectivity index (χ0) is 14.8. The number of amides is 1. The van der Waals surface area contributed by atoms with Crippen LogP contribution in [-0.2, 0) is 13.6 Å². The van der Waals surface area contributed by atoms with Crippen molar-refractivity contribution in [2.75, 3.05) is 0 Å². The van der Waals surface area contributed by atoms with Crippen molar-refractivity contribution < 1.29 is 4.79 Å². The molecule has 0 radical (unpaired) electrons. The highest BCUT2D eigenvalue weighted by molar-refractivity contribution is 7.10. The van der Waals surface area contributed by atoms with E-state index in [1.165, 1.54) is 10.4 Å². The predicted molar refractivity (Wildman–Crippen MR) is 82.8 cm³/mol. The van der Waals surface area contributed by atoms with E-state index in [1.807, 2.05) is 48.4 Å². The fourth-order valence-electron chi connectivity index (χ4n) is 2.21. The molecule has 3 aromatic heterocycles. The fourth-order valence-corrected chi connectivity index (χ4v) is 3.06. The molecule has 21 heavy (non-hydrogen) atoms. The molecule has 0 aliphatic rings. The van der Waals surface area contributed by atoms with Crippen LogP contribution in [0, 0.1) is 6.92 Å². The highest BCUT2D eigenvalue weighted by Gasteiger charge is 2.17. The van der Waals surface area contributed by atoms with E-state index in [2.05, 4.69) is 16.5 Å². The van der Waals surface area contributed by atoms with Gasteiger partial charge in [0.05, 0.1) is 12.7 Å². The number of carbonyl (C=O) groups is 1. The molecule has 0 spiro atoms. The molecule has 3 aromatic rings. The van der Waals surface area contributed by atoms with Gasteiger partial charge in [-0.15, -0.1) is 11.3 Å². The van der Waals surface area contributed by atoms with E-state index >= 15 is 0 Å². The minimum Gasteiger partial charge on any atom is -0.347 e. The van der Waals surface area contributed by atoms with Crippen LogP contribution >= 0.6 is 11.3 Å². The second-order valence-electron chi connectivity index (χ2n) is 4.81. The summed E-state index contributed by atoms with van der Waals surface area (Å²) < 4.78 is 3.59. The van der Waals surface area contributed by atoms with Gasteiger partial charge in [0.15, 0.2) is 0 Å². The number of aromatic nitrogens is 3. The first kappa shape index (κ1) is 13.6. The maximum atomic E-state index is 12.4. The van der Waals surface area contributed by atoms with Crippen LogP contribution in [0.25, 0.3) is 5.82 Å². The minimum atomic E-state index is -0.111. The number of hydrogen-bond acceptors (Lipinski definition) is 3. The second kappa shape index (κ2) is 5.57. The maximum absolute atomic E-state index is 12.4. The maximum Gasteiger partial charge on any atom is 0.256 e. The van der Waals surface area contributed by atoms with E-state index < -0.39 is 0 Å². The molecule has 5 nitrogen and oxygen atoms in total. The van der Waals surface area contributed by atoms with E-state index in [4.69, 9.17) is 0 Å². The van der Waals surface area contributed by atoms with Gasteiger partial charge in [-0.1, -0.05) is 0 Å². The monoisotopic (exact) mass is 300 g/mol. The van der Waals surface area contributed by atoms with Crippen molar-refractivity contribution in [3.63, 3.8) is 0 Å². The summed E-state index contributed by atoms with van der Waals surface area (Å²) in [4.78, 5) is 13.6. The third kappa shape index (κ3) is 2.62. The van der Waals surface area contributed by atoms with Crippen molar-refractivity contribution in [1.82, 2.24) is 19.7 Å². The van der Waals surface area contributed by atoms with Crippen LogP contribution < -0.4 is 5.32 Å². The van der Waals surface area contributed by atoms with Crippen LogP contribution in [0.1, 0.15) is 20.8 Å². The topological polar surface area (TPSA) is 51.9 Å². The van der Waals surface area contributed by atoms with Gasteiger partial charge in [0.2, 0.25) is 0 Å². The number of rotatable bonds is 4. The molecule has 0 bridgehead atoms. The van der Waals surface area contributed by atoms with Crippen LogP contribution in [0.3, 0.4) is 0 Å². The Hall–Kier alpha value is -2.34. The summed E-state index contributed by atoms with van der Waals surface area (Å²) in [6, 6.07) is 5.90. The van der Waals surface area contributed by atoms with E-state index in [0.29, 0.717) is 12.1 Å². The summed E-state index contributed by atoms with van der Waals surface area (Å²) in [5.74, 6) is 0.653. The normalized spacial score (nSPS) is 10.8. The number of carbonyl (C=O) groups excluding carboxylic acids is 1. The molecule has 108 valence electrons. The lowest BCUT2D eigenvalue weighted by molar-refractivity contribution is 0.0951. The molecule has 0 saturated carbocycles. The zero-order valence-corrected chi connectivity index (χ0v) is 12.7. The summed E-state index contributed by atoms with van der Waals surface area (Å²) in [5.41, 5.74) is 1.78. The van der Waals surface area contributed by atoms with Crippen molar-refractivity contribution in [3.05, 3.63) is 58.2 Å². The van der Waals surface area contributed by atoms with Crippen LogP contribution in [0.15, 0.2) is 42.2 Å². The van der Waals surface area contributed by atoms with Gasteiger partial charge in [0, 0.05) is 24.3 Å². The van der Waals surface area contributed by atoms with Gasteiger partial charge in [0.25, 0.3) is 5.91 Å². The van der Waals surface area contributed by atoms with Crippen LogP contribution in [0.2, 0.25) is 0 Å². The molecular formula is C15H16N4OS. The summed E-state index contributed by atoms with van der Waals surface area (Å²) >= 11 is 1.65. The van der Waals surface area contributed by atoms with Gasteiger partial charge >= 0.3 is 0 Å². The molecule has 0 unspecified atom stereocenters. The largest absolute Gasteiger partial charge is 0.347 e. The molecule has 0 aliphatic heterocycles. The lowest BCUT2D eigenvalue weighted by Crippen LogP contribution is -2.23. The van der Waals surface area contributed by atoms with Gasteiger partial charge in [-0.25, -0.2) is 0 Å². The van der Waals surface area contributed by atoms with Crippen LogP contribution in [0.4, 0.5) is 0 Å². The Morgan fingerprint density at radius 3 is 2.81 bits per heavy atom. The number of thiophene rings is 1. The number of aryl methyl sites for hydroxylation is 2. The van der Waals surface area contributed by atoms with E-state index in [9.17, 15) is 4.79 Å². The van der Waals surface area contributed by atoms with Crippen molar-refractivity contribution in [3.8, 4) is 5.82 Å². The lowest BCUT2D eigenvalue weighted by Gasteiger charge is -2.08. The third-order valence-electron chi connectivity index (χ3n) is 3.38. The summed E-state index contributed by atoms with van der Waals surface area (Å²) in [6.45, 7) is 2.59. The molecule has 1 amide bonds. The lowest BCUT2D eigenvalue weighted by atomic mass is 10.2. The van der Waals surface area contributed by atoms with Crippen LogP contribution in [-0.4, -0.2) is 20.3 Å². The Morgan fingerprint density at radius 2 is 2.14 bits per heavy atom. The summed E-state index contributed by atoms with van der Waals surface area (Å²) in [6.07, 6.45) is 5.40. The summed E-state index contributed by atoms with van der Waals surface area (Å²) in [5, 5.41) is 9.19. The number of hydrogen-bond donors (Lipinski definition) is 1. The van der Waals surface area contributed by atoms with E-state index in [-0.39, 0.29) is 5.91 Å². The fraction of sp³-hybridized carbons (Fsp3) is 0.200. The smallest absolute Gasteiger partial charge is 0.256 e. The Labute approximate surface area is 126 Å². The van der Waals surface area contributed by atoms with Crippen molar-refractivity contribution in [2.45, 2.75) is 13.5 Å². The summed E-state index contributed by atoms with van der Waals surface area (Å²) in [7, 11) is 1.83. The Kier molecular flexibility index (Phi) is 3.62. The molecule has 0 saturated heterocycles. The van der Waals surface area contributed by atoms with Gasteiger partial charge in [0.1, 0.15) is 11.4 Å². The van der Waals surface area contributed by atoms with Gasteiger partial charge in [-0.2, -0.15) is 5.10 Å². The first-order valence-corrected chi connectivity index (χ1v) is 7.51. The van der Waals surface area contributed by atoms with Gasteiger partial charge in [-0.3, -0.25) is 9.48 Å². The molecule has 3 heterocycles. The quantitative estimate of drug-likeness (QED) is 0.805. The van der Waals surface area contributed by atoms with E-state index in [1.54, 1.807) is 22.2 Å². The number of nitrogens with zero attached hydrogens (tertiary/aromatic N) is 3. The van der Waals surface area contributed by atoms with Crippen LogP contribution in [0.5, 0.6) is 0 Å².